The minimum atomic E-state index is -0.806. The Bertz CT molecular complexity index is 1470. The van der Waals surface area contributed by atoms with Crippen LogP contribution in [0, 0.1) is 13.8 Å². The molecule has 202 valence electrons. The highest BCUT2D eigenvalue weighted by atomic mass is 16.5. The summed E-state index contributed by atoms with van der Waals surface area (Å²) in [6.07, 6.45) is 3.32. The highest BCUT2D eigenvalue weighted by Crippen LogP contribution is 2.32. The summed E-state index contributed by atoms with van der Waals surface area (Å²) in [4.78, 5) is 41.6. The van der Waals surface area contributed by atoms with Crippen molar-refractivity contribution < 1.29 is 28.0 Å². The van der Waals surface area contributed by atoms with Crippen molar-refractivity contribution in [2.75, 3.05) is 17.7 Å². The van der Waals surface area contributed by atoms with Crippen molar-refractivity contribution in [3.8, 4) is 17.1 Å². The predicted octanol–water partition coefficient (Wildman–Crippen LogP) is 4.89. The van der Waals surface area contributed by atoms with Gasteiger partial charge in [0.25, 0.3) is 5.91 Å². The fraction of sp³-hybridized carbons (Fsp3) is 0.241. The number of methoxy groups -OCH3 is 1. The molecule has 2 aromatic carbocycles. The molecule has 0 atom stereocenters. The highest BCUT2D eigenvalue weighted by molar-refractivity contribution is 6.39. The number of amides is 3. The molecule has 4 aromatic rings. The van der Waals surface area contributed by atoms with Gasteiger partial charge in [-0.2, -0.15) is 0 Å². The molecule has 4 rings (SSSR count). The van der Waals surface area contributed by atoms with E-state index in [0.29, 0.717) is 40.6 Å². The molecule has 2 heterocycles. The van der Waals surface area contributed by atoms with Crippen LogP contribution in [0.5, 0.6) is 5.75 Å². The Morgan fingerprint density at radius 3 is 2.28 bits per heavy atom. The van der Waals surface area contributed by atoms with E-state index in [0.717, 1.165) is 11.1 Å². The average molecular weight is 531 g/mol. The molecule has 39 heavy (non-hydrogen) atoms. The second kappa shape index (κ2) is 11.3. The summed E-state index contributed by atoms with van der Waals surface area (Å²) in [6, 6.07) is 13.9. The number of aromatic nitrogens is 1. The third kappa shape index (κ3) is 6.72. The molecule has 3 amide bonds. The lowest BCUT2D eigenvalue weighted by atomic mass is 9.94. The Labute approximate surface area is 225 Å². The van der Waals surface area contributed by atoms with Crippen molar-refractivity contribution >= 4 is 29.1 Å². The molecule has 2 aromatic heterocycles. The summed E-state index contributed by atoms with van der Waals surface area (Å²) in [6.45, 7) is 7.33. The third-order valence-corrected chi connectivity index (χ3v) is 6.06. The van der Waals surface area contributed by atoms with Gasteiger partial charge in [0.05, 0.1) is 18.9 Å². The number of carbonyl (C=O) groups excluding carboxylic acids is 3. The van der Waals surface area contributed by atoms with Crippen LogP contribution in [-0.2, 0) is 16.0 Å². The lowest BCUT2D eigenvalue weighted by molar-refractivity contribution is -0.137. The Balaban J connectivity index is 1.33. The molecular formula is C29H30N4O6. The second-order valence-electron chi connectivity index (χ2n) is 9.75. The van der Waals surface area contributed by atoms with Gasteiger partial charge in [0, 0.05) is 23.0 Å². The number of ether oxygens (including phenoxy) is 1. The SMILES string of the molecule is COc1cc(NC(=O)C(=O)NC(C)(C)Cc2ccc(NC(=O)c3cc(C)c(C)o3)cc2)ccc1-c1cnco1. The van der Waals surface area contributed by atoms with Gasteiger partial charge in [-0.1, -0.05) is 12.1 Å². The van der Waals surface area contributed by atoms with Crippen LogP contribution in [-0.4, -0.2) is 35.4 Å². The second-order valence-corrected chi connectivity index (χ2v) is 9.75. The molecule has 0 saturated carbocycles. The molecule has 0 unspecified atom stereocenters. The first kappa shape index (κ1) is 27.2. The van der Waals surface area contributed by atoms with Crippen molar-refractivity contribution in [1.82, 2.24) is 10.3 Å². The van der Waals surface area contributed by atoms with Gasteiger partial charge < -0.3 is 29.5 Å². The largest absolute Gasteiger partial charge is 0.496 e. The van der Waals surface area contributed by atoms with Crippen LogP contribution in [0.4, 0.5) is 11.4 Å². The maximum absolute atomic E-state index is 12.7. The molecule has 0 fully saturated rings. The predicted molar refractivity (Wildman–Crippen MR) is 146 cm³/mol. The Hall–Kier alpha value is -4.86. The summed E-state index contributed by atoms with van der Waals surface area (Å²) in [5.74, 6) is 0.0176. The average Bonchev–Trinajstić information content (AvgIpc) is 3.54. The molecular weight excluding hydrogens is 500 g/mol. The Kier molecular flexibility index (Phi) is 7.85. The molecule has 0 bridgehead atoms. The Morgan fingerprint density at radius 1 is 0.949 bits per heavy atom. The standard InChI is InChI=1S/C29H30N4O6/c1-17-12-24(39-18(17)2)26(34)31-20-8-6-19(7-9-20)14-29(3,4)33-28(36)27(35)32-21-10-11-22(23(13-21)37-5)25-15-30-16-38-25/h6-13,15-16H,14H2,1-5H3,(H,31,34)(H,32,35)(H,33,36). The van der Waals surface area contributed by atoms with Crippen molar-refractivity contribution in [1.29, 1.82) is 0 Å². The Morgan fingerprint density at radius 2 is 1.67 bits per heavy atom. The van der Waals surface area contributed by atoms with Gasteiger partial charge in [-0.3, -0.25) is 14.4 Å². The maximum Gasteiger partial charge on any atom is 0.313 e. The summed E-state index contributed by atoms with van der Waals surface area (Å²) >= 11 is 0. The zero-order chi connectivity index (χ0) is 28.2. The first-order valence-corrected chi connectivity index (χ1v) is 12.2. The molecule has 10 nitrogen and oxygen atoms in total. The number of benzene rings is 2. The summed E-state index contributed by atoms with van der Waals surface area (Å²) in [5.41, 5.74) is 2.77. The molecule has 0 aliphatic heterocycles. The third-order valence-electron chi connectivity index (χ3n) is 6.06. The van der Waals surface area contributed by atoms with Crippen molar-refractivity contribution in [2.24, 2.45) is 0 Å². The van der Waals surface area contributed by atoms with Crippen LogP contribution in [0.1, 0.15) is 41.3 Å². The van der Waals surface area contributed by atoms with Gasteiger partial charge in [-0.05, 0) is 75.6 Å². The zero-order valence-electron chi connectivity index (χ0n) is 22.4. The highest BCUT2D eigenvalue weighted by Gasteiger charge is 2.25. The number of rotatable bonds is 8. The summed E-state index contributed by atoms with van der Waals surface area (Å²) in [7, 11) is 1.50. The number of furan rings is 1. The molecule has 0 spiro atoms. The molecule has 0 aliphatic carbocycles. The lowest BCUT2D eigenvalue weighted by Crippen LogP contribution is -2.49. The number of anilines is 2. The maximum atomic E-state index is 12.7. The van der Waals surface area contributed by atoms with Crippen molar-refractivity contribution in [2.45, 2.75) is 39.7 Å². The fourth-order valence-electron chi connectivity index (χ4n) is 4.01. The van der Waals surface area contributed by atoms with Gasteiger partial charge in [0.2, 0.25) is 0 Å². The molecule has 3 N–H and O–H groups in total. The molecule has 10 heteroatoms. The topological polar surface area (TPSA) is 136 Å². The number of hydrogen-bond acceptors (Lipinski definition) is 7. The minimum Gasteiger partial charge on any atom is -0.496 e. The van der Waals surface area contributed by atoms with Gasteiger partial charge >= 0.3 is 11.8 Å². The van der Waals surface area contributed by atoms with Gasteiger partial charge in [0.1, 0.15) is 11.5 Å². The van der Waals surface area contributed by atoms with Gasteiger partial charge in [0.15, 0.2) is 17.9 Å². The number of hydrogen-bond donors (Lipinski definition) is 3. The summed E-state index contributed by atoms with van der Waals surface area (Å²) < 4.78 is 16.2. The van der Waals surface area contributed by atoms with Crippen LogP contribution >= 0.6 is 0 Å². The minimum absolute atomic E-state index is 0.250. The number of oxazole rings is 1. The molecule has 0 saturated heterocycles. The van der Waals surface area contributed by atoms with Crippen molar-refractivity contribution in [3.05, 3.63) is 83.8 Å². The molecule has 0 aliphatic rings. The van der Waals surface area contributed by atoms with Gasteiger partial charge in [-0.15, -0.1) is 0 Å². The van der Waals surface area contributed by atoms with E-state index < -0.39 is 17.4 Å². The van der Waals surface area contributed by atoms with E-state index >= 15 is 0 Å². The normalized spacial score (nSPS) is 11.1. The van der Waals surface area contributed by atoms with Gasteiger partial charge in [-0.25, -0.2) is 4.98 Å². The summed E-state index contributed by atoms with van der Waals surface area (Å²) in [5, 5.41) is 8.18. The number of carbonyl (C=O) groups is 3. The first-order valence-electron chi connectivity index (χ1n) is 12.2. The number of nitrogens with zero attached hydrogens (tertiary/aromatic N) is 1. The zero-order valence-corrected chi connectivity index (χ0v) is 22.4. The van der Waals surface area contributed by atoms with Crippen LogP contribution in [0.3, 0.4) is 0 Å². The van der Waals surface area contributed by atoms with E-state index in [1.165, 1.54) is 13.5 Å². The lowest BCUT2D eigenvalue weighted by Gasteiger charge is -2.26. The smallest absolute Gasteiger partial charge is 0.313 e. The van der Waals surface area contributed by atoms with Crippen LogP contribution in [0.2, 0.25) is 0 Å². The molecule has 0 radical (unpaired) electrons. The first-order chi connectivity index (χ1) is 18.5. The van der Waals surface area contributed by atoms with Crippen LogP contribution < -0.4 is 20.7 Å². The van der Waals surface area contributed by atoms with E-state index in [1.807, 2.05) is 32.9 Å². The quantitative estimate of drug-likeness (QED) is 0.276. The van der Waals surface area contributed by atoms with E-state index in [-0.39, 0.29) is 11.7 Å². The number of aryl methyl sites for hydroxylation is 2. The van der Waals surface area contributed by atoms with Crippen molar-refractivity contribution in [3.63, 3.8) is 0 Å². The number of nitrogens with one attached hydrogen (secondary N) is 3. The monoisotopic (exact) mass is 530 g/mol. The van der Waals surface area contributed by atoms with E-state index in [4.69, 9.17) is 13.6 Å². The fourth-order valence-corrected chi connectivity index (χ4v) is 4.01. The van der Waals surface area contributed by atoms with E-state index in [1.54, 1.807) is 49.5 Å². The van der Waals surface area contributed by atoms with E-state index in [9.17, 15) is 14.4 Å². The van der Waals surface area contributed by atoms with E-state index in [2.05, 4.69) is 20.9 Å². The van der Waals surface area contributed by atoms with Crippen LogP contribution in [0.25, 0.3) is 11.3 Å². The van der Waals surface area contributed by atoms with Crippen LogP contribution in [0.15, 0.2) is 70.0 Å².